The van der Waals surface area contributed by atoms with Gasteiger partial charge in [-0.15, -0.1) is 0 Å². The van der Waals surface area contributed by atoms with Gasteiger partial charge in [0.2, 0.25) is 5.91 Å². The normalized spacial score (nSPS) is 22.9. The molecule has 1 aromatic rings. The molecule has 1 amide bonds. The highest BCUT2D eigenvalue weighted by Gasteiger charge is 2.23. The molecule has 0 saturated heterocycles. The summed E-state index contributed by atoms with van der Waals surface area (Å²) in [5.41, 5.74) is 2.48. The van der Waals surface area contributed by atoms with Gasteiger partial charge in [0.15, 0.2) is 0 Å². The molecule has 2 aliphatic rings. The molecule has 0 aromatic heterocycles. The topological polar surface area (TPSA) is 41.6 Å². The minimum absolute atomic E-state index is 0.169. The molecule has 1 aromatic carbocycles. The average Bonchev–Trinajstić information content (AvgIpc) is 2.74. The van der Waals surface area contributed by atoms with E-state index in [1.54, 1.807) is 19.2 Å². The second kappa shape index (κ2) is 11.5. The zero-order valence-corrected chi connectivity index (χ0v) is 17.7. The lowest BCUT2D eigenvalue weighted by Gasteiger charge is -2.32. The van der Waals surface area contributed by atoms with Crippen molar-refractivity contribution in [3.05, 3.63) is 41.7 Å². The molecule has 1 aliphatic carbocycles. The van der Waals surface area contributed by atoms with Gasteiger partial charge in [-0.25, -0.2) is 4.39 Å². The first-order valence-corrected chi connectivity index (χ1v) is 11.1. The van der Waals surface area contributed by atoms with Gasteiger partial charge in [0, 0.05) is 39.3 Å². The predicted octanol–water partition coefficient (Wildman–Crippen LogP) is 4.41. The number of ether oxygens (including phenoxy) is 1. The molecule has 160 valence electrons. The van der Waals surface area contributed by atoms with Crippen LogP contribution in [0.25, 0.3) is 5.57 Å². The summed E-state index contributed by atoms with van der Waals surface area (Å²) in [6.07, 6.45) is 10.6. The van der Waals surface area contributed by atoms with E-state index < -0.39 is 0 Å². The Morgan fingerprint density at radius 2 is 1.97 bits per heavy atom. The van der Waals surface area contributed by atoms with Crippen LogP contribution in [0.4, 0.5) is 4.39 Å². The summed E-state index contributed by atoms with van der Waals surface area (Å²) in [6, 6.07) is 7.21. The van der Waals surface area contributed by atoms with Gasteiger partial charge < -0.3 is 10.1 Å². The van der Waals surface area contributed by atoms with Crippen LogP contribution in [0.1, 0.15) is 56.9 Å². The van der Waals surface area contributed by atoms with Gasteiger partial charge in [-0.2, -0.15) is 0 Å². The minimum Gasteiger partial charge on any atom is -0.385 e. The van der Waals surface area contributed by atoms with Crippen LogP contribution in [-0.4, -0.2) is 50.2 Å². The van der Waals surface area contributed by atoms with Gasteiger partial charge in [0.05, 0.1) is 0 Å². The van der Waals surface area contributed by atoms with Gasteiger partial charge in [-0.1, -0.05) is 18.2 Å². The maximum absolute atomic E-state index is 13.1. The van der Waals surface area contributed by atoms with Gasteiger partial charge in [-0.05, 0) is 80.7 Å². The van der Waals surface area contributed by atoms with Crippen LogP contribution in [-0.2, 0) is 9.53 Å². The third-order valence-electron chi connectivity index (χ3n) is 6.33. The Balaban J connectivity index is 1.32. The second-order valence-electron chi connectivity index (χ2n) is 8.46. The molecule has 1 N–H and O–H groups in total. The summed E-state index contributed by atoms with van der Waals surface area (Å²) in [4.78, 5) is 14.5. The fourth-order valence-corrected chi connectivity index (χ4v) is 4.48. The lowest BCUT2D eigenvalue weighted by atomic mass is 9.84. The van der Waals surface area contributed by atoms with Crippen LogP contribution in [0, 0.1) is 11.7 Å². The summed E-state index contributed by atoms with van der Waals surface area (Å²) >= 11 is 0. The molecule has 1 heterocycles. The molecule has 5 heteroatoms. The van der Waals surface area contributed by atoms with E-state index in [4.69, 9.17) is 4.74 Å². The Kier molecular flexibility index (Phi) is 8.69. The number of hydrogen-bond donors (Lipinski definition) is 1. The van der Waals surface area contributed by atoms with E-state index in [1.807, 2.05) is 12.1 Å². The first-order chi connectivity index (χ1) is 14.1. The van der Waals surface area contributed by atoms with Crippen LogP contribution in [0.3, 0.4) is 0 Å². The standard InChI is InChI=1S/C24H35FN2O2/c1-29-18-2-3-24(28)26-23-10-4-19(5-11-23)12-15-27-16-13-21(14-17-27)20-6-8-22(25)9-7-20/h6-9,13,19,23H,2-5,10-12,14-18H2,1H3,(H,26,28). The number of nitrogens with zero attached hydrogens (tertiary/aromatic N) is 1. The third-order valence-corrected chi connectivity index (χ3v) is 6.33. The van der Waals surface area contributed by atoms with E-state index in [-0.39, 0.29) is 11.7 Å². The molecular weight excluding hydrogens is 367 g/mol. The van der Waals surface area contributed by atoms with Crippen molar-refractivity contribution < 1.29 is 13.9 Å². The highest BCUT2D eigenvalue weighted by Crippen LogP contribution is 2.28. The number of nitrogens with one attached hydrogen (secondary N) is 1. The molecule has 0 unspecified atom stereocenters. The van der Waals surface area contributed by atoms with Crippen molar-refractivity contribution in [1.82, 2.24) is 10.2 Å². The molecule has 4 nitrogen and oxygen atoms in total. The fourth-order valence-electron chi connectivity index (χ4n) is 4.48. The van der Waals surface area contributed by atoms with Crippen LogP contribution in [0.2, 0.25) is 0 Å². The largest absolute Gasteiger partial charge is 0.385 e. The highest BCUT2D eigenvalue weighted by molar-refractivity contribution is 5.76. The lowest BCUT2D eigenvalue weighted by Crippen LogP contribution is -2.38. The van der Waals surface area contributed by atoms with Crippen LogP contribution < -0.4 is 5.32 Å². The van der Waals surface area contributed by atoms with Gasteiger partial charge in [0.25, 0.3) is 0 Å². The van der Waals surface area contributed by atoms with E-state index in [0.29, 0.717) is 19.1 Å². The molecule has 1 fully saturated rings. The first kappa shape index (κ1) is 22.0. The number of amides is 1. The molecule has 0 atom stereocenters. The molecule has 0 bridgehead atoms. The molecule has 0 spiro atoms. The number of carbonyl (C=O) groups is 1. The number of rotatable bonds is 9. The highest BCUT2D eigenvalue weighted by atomic mass is 19.1. The summed E-state index contributed by atoms with van der Waals surface area (Å²) < 4.78 is 18.1. The summed E-state index contributed by atoms with van der Waals surface area (Å²) in [6.45, 7) is 3.86. The summed E-state index contributed by atoms with van der Waals surface area (Å²) in [5.74, 6) is 0.772. The predicted molar refractivity (Wildman–Crippen MR) is 115 cm³/mol. The van der Waals surface area contributed by atoms with Gasteiger partial charge in [-0.3, -0.25) is 9.69 Å². The van der Waals surface area contributed by atoms with Crippen molar-refractivity contribution in [3.8, 4) is 0 Å². The summed E-state index contributed by atoms with van der Waals surface area (Å²) in [5, 5.41) is 3.19. The Hall–Kier alpha value is -1.72. The zero-order valence-electron chi connectivity index (χ0n) is 17.7. The Bertz CT molecular complexity index is 666. The number of hydrogen-bond acceptors (Lipinski definition) is 3. The minimum atomic E-state index is -0.174. The zero-order chi connectivity index (χ0) is 20.5. The molecule has 3 rings (SSSR count). The van der Waals surface area contributed by atoms with Gasteiger partial charge in [0.1, 0.15) is 5.82 Å². The number of benzene rings is 1. The number of halogens is 1. The maximum Gasteiger partial charge on any atom is 0.220 e. The van der Waals surface area contributed by atoms with E-state index in [0.717, 1.165) is 56.8 Å². The molecule has 29 heavy (non-hydrogen) atoms. The second-order valence-corrected chi connectivity index (χ2v) is 8.46. The van der Waals surface area contributed by atoms with E-state index in [1.165, 1.54) is 24.8 Å². The number of methoxy groups -OCH3 is 1. The lowest BCUT2D eigenvalue weighted by molar-refractivity contribution is -0.122. The molecule has 1 aliphatic heterocycles. The molecule has 1 saturated carbocycles. The quantitative estimate of drug-likeness (QED) is 0.622. The van der Waals surface area contributed by atoms with E-state index >= 15 is 0 Å². The van der Waals surface area contributed by atoms with Crippen molar-refractivity contribution in [1.29, 1.82) is 0 Å². The van der Waals surface area contributed by atoms with Crippen LogP contribution >= 0.6 is 0 Å². The van der Waals surface area contributed by atoms with E-state index in [9.17, 15) is 9.18 Å². The smallest absolute Gasteiger partial charge is 0.220 e. The fraction of sp³-hybridized carbons (Fsp3) is 0.625. The van der Waals surface area contributed by atoms with E-state index in [2.05, 4.69) is 16.3 Å². The molecular formula is C24H35FN2O2. The Morgan fingerprint density at radius 1 is 1.21 bits per heavy atom. The number of carbonyl (C=O) groups excluding carboxylic acids is 1. The van der Waals surface area contributed by atoms with Gasteiger partial charge >= 0.3 is 0 Å². The monoisotopic (exact) mass is 402 g/mol. The Labute approximate surface area is 174 Å². The SMILES string of the molecule is COCCCC(=O)NC1CCC(CCN2CC=C(c3ccc(F)cc3)CC2)CC1. The maximum atomic E-state index is 13.1. The molecule has 0 radical (unpaired) electrons. The third kappa shape index (κ3) is 7.23. The van der Waals surface area contributed by atoms with Crippen LogP contribution in [0.5, 0.6) is 0 Å². The van der Waals surface area contributed by atoms with Crippen molar-refractivity contribution in [2.75, 3.05) is 33.4 Å². The van der Waals surface area contributed by atoms with Crippen molar-refractivity contribution >= 4 is 11.5 Å². The average molecular weight is 403 g/mol. The van der Waals surface area contributed by atoms with Crippen LogP contribution in [0.15, 0.2) is 30.3 Å². The van der Waals surface area contributed by atoms with Crippen molar-refractivity contribution in [2.24, 2.45) is 5.92 Å². The first-order valence-electron chi connectivity index (χ1n) is 11.1. The van der Waals surface area contributed by atoms with Crippen molar-refractivity contribution in [3.63, 3.8) is 0 Å². The Morgan fingerprint density at radius 3 is 2.62 bits per heavy atom. The van der Waals surface area contributed by atoms with Crippen molar-refractivity contribution in [2.45, 2.75) is 57.4 Å². The summed E-state index contributed by atoms with van der Waals surface area (Å²) in [7, 11) is 1.67.